The third-order valence-corrected chi connectivity index (χ3v) is 13.0. The minimum absolute atomic E-state index is 0.104. The van der Waals surface area contributed by atoms with Gasteiger partial charge in [0.1, 0.15) is 30.5 Å². The van der Waals surface area contributed by atoms with Crippen LogP contribution in [0.15, 0.2) is 0 Å². The van der Waals surface area contributed by atoms with Gasteiger partial charge in [-0.3, -0.25) is 4.79 Å². The van der Waals surface area contributed by atoms with Crippen LogP contribution in [0.3, 0.4) is 0 Å². The van der Waals surface area contributed by atoms with E-state index in [1.165, 1.54) is 218 Å². The maximum Gasteiger partial charge on any atom is 0.306 e. The molecular weight excluding hydrogens is 781 g/mol. The number of carbonyl (C=O) groups is 1. The number of carbonyl (C=O) groups excluding carboxylic acids is 1. The van der Waals surface area contributed by atoms with Crippen LogP contribution in [0.4, 0.5) is 0 Å². The first kappa shape index (κ1) is 59.2. The standard InChI is InChI=1S/C53H104O9/c1-3-5-7-9-11-13-15-17-19-21-22-23-24-25-26-27-28-30-32-34-36-38-40-42-49(55)61-47(46-60-53-52(58)51(57)50(56)48(44-54)62-53)45-59-43-41-39-37-35-33-31-29-20-18-16-14-12-10-8-6-4-2/h47-48,50-54,56-58H,3-46H2,1-2H3. The molecule has 0 bridgehead atoms. The predicted octanol–water partition coefficient (Wildman–Crippen LogP) is 13.4. The van der Waals surface area contributed by atoms with Crippen molar-refractivity contribution in [3.05, 3.63) is 0 Å². The second kappa shape index (κ2) is 45.4. The van der Waals surface area contributed by atoms with E-state index in [1.54, 1.807) is 0 Å². The second-order valence-electron chi connectivity index (χ2n) is 19.0. The van der Waals surface area contributed by atoms with Gasteiger partial charge in [-0.1, -0.05) is 251 Å². The van der Waals surface area contributed by atoms with Crippen molar-refractivity contribution in [2.45, 2.75) is 307 Å². The molecule has 0 saturated carbocycles. The summed E-state index contributed by atoms with van der Waals surface area (Å²) in [7, 11) is 0. The first-order chi connectivity index (χ1) is 30.4. The van der Waals surface area contributed by atoms with Crippen LogP contribution < -0.4 is 0 Å². The van der Waals surface area contributed by atoms with E-state index >= 15 is 0 Å². The number of hydrogen-bond donors (Lipinski definition) is 4. The van der Waals surface area contributed by atoms with Gasteiger partial charge in [-0.05, 0) is 12.8 Å². The summed E-state index contributed by atoms with van der Waals surface area (Å²) in [6.45, 7) is 4.64. The molecule has 0 aromatic rings. The van der Waals surface area contributed by atoms with Gasteiger partial charge in [0, 0.05) is 13.0 Å². The zero-order valence-corrected chi connectivity index (χ0v) is 40.9. The molecular formula is C53H104O9. The fourth-order valence-corrected chi connectivity index (χ4v) is 8.79. The molecule has 0 aliphatic carbocycles. The number of esters is 1. The van der Waals surface area contributed by atoms with Crippen LogP contribution in [0.2, 0.25) is 0 Å². The average molecular weight is 885 g/mol. The lowest BCUT2D eigenvalue weighted by atomic mass is 9.99. The van der Waals surface area contributed by atoms with Crippen LogP contribution in [0.5, 0.6) is 0 Å². The Balaban J connectivity index is 2.14. The molecule has 0 aromatic heterocycles. The Bertz CT molecular complexity index is 920. The summed E-state index contributed by atoms with van der Waals surface area (Å²) in [5, 5.41) is 40.3. The van der Waals surface area contributed by atoms with E-state index in [4.69, 9.17) is 18.9 Å². The topological polar surface area (TPSA) is 135 Å². The van der Waals surface area contributed by atoms with Gasteiger partial charge in [0.15, 0.2) is 6.29 Å². The van der Waals surface area contributed by atoms with Gasteiger partial charge < -0.3 is 39.4 Å². The molecule has 0 amide bonds. The fraction of sp³-hybridized carbons (Fsp3) is 0.981. The van der Waals surface area contributed by atoms with Crippen molar-refractivity contribution in [2.75, 3.05) is 26.4 Å². The van der Waals surface area contributed by atoms with Gasteiger partial charge in [-0.15, -0.1) is 0 Å². The highest BCUT2D eigenvalue weighted by Crippen LogP contribution is 2.23. The van der Waals surface area contributed by atoms with Crippen LogP contribution in [-0.4, -0.2) is 89.6 Å². The maximum absolute atomic E-state index is 12.9. The van der Waals surface area contributed by atoms with Crippen molar-refractivity contribution in [1.82, 2.24) is 0 Å². The Kier molecular flexibility index (Phi) is 43.3. The fourth-order valence-electron chi connectivity index (χ4n) is 8.79. The zero-order valence-electron chi connectivity index (χ0n) is 40.9. The first-order valence-corrected chi connectivity index (χ1v) is 27.1. The summed E-state index contributed by atoms with van der Waals surface area (Å²) in [5.74, 6) is -0.304. The highest BCUT2D eigenvalue weighted by atomic mass is 16.7. The number of ether oxygens (including phenoxy) is 4. The van der Waals surface area contributed by atoms with Crippen LogP contribution in [-0.2, 0) is 23.7 Å². The van der Waals surface area contributed by atoms with E-state index in [-0.39, 0.29) is 19.2 Å². The molecule has 1 saturated heterocycles. The Morgan fingerprint density at radius 3 is 1.15 bits per heavy atom. The predicted molar refractivity (Wildman–Crippen MR) is 256 cm³/mol. The summed E-state index contributed by atoms with van der Waals surface area (Å²) in [5.41, 5.74) is 0. The normalized spacial score (nSPS) is 19.6. The molecule has 370 valence electrons. The van der Waals surface area contributed by atoms with Crippen LogP contribution in [0.1, 0.15) is 271 Å². The van der Waals surface area contributed by atoms with E-state index < -0.39 is 43.4 Å². The SMILES string of the molecule is CCCCCCCCCCCCCCCCCCCCCCCCCC(=O)OC(COCCCCCCCCCCCCCCCCCC)COC1OC(CO)C(O)C(O)C1O. The summed E-state index contributed by atoms with van der Waals surface area (Å²) < 4.78 is 22.9. The zero-order chi connectivity index (χ0) is 45.0. The summed E-state index contributed by atoms with van der Waals surface area (Å²) >= 11 is 0. The summed E-state index contributed by atoms with van der Waals surface area (Å²) in [4.78, 5) is 12.9. The van der Waals surface area contributed by atoms with Crippen molar-refractivity contribution in [3.8, 4) is 0 Å². The third-order valence-electron chi connectivity index (χ3n) is 13.0. The molecule has 1 rings (SSSR count). The number of aliphatic hydroxyl groups is 4. The molecule has 1 heterocycles. The van der Waals surface area contributed by atoms with Crippen LogP contribution in [0.25, 0.3) is 0 Å². The minimum Gasteiger partial charge on any atom is -0.457 e. The molecule has 1 fully saturated rings. The van der Waals surface area contributed by atoms with Gasteiger partial charge in [-0.25, -0.2) is 0 Å². The first-order valence-electron chi connectivity index (χ1n) is 27.1. The lowest BCUT2D eigenvalue weighted by Gasteiger charge is -2.39. The number of rotatable bonds is 48. The lowest BCUT2D eigenvalue weighted by molar-refractivity contribution is -0.305. The van der Waals surface area contributed by atoms with E-state index in [9.17, 15) is 25.2 Å². The monoisotopic (exact) mass is 885 g/mol. The molecule has 6 unspecified atom stereocenters. The van der Waals surface area contributed by atoms with Gasteiger partial charge >= 0.3 is 5.97 Å². The number of hydrogen-bond acceptors (Lipinski definition) is 9. The molecule has 9 nitrogen and oxygen atoms in total. The maximum atomic E-state index is 12.9. The molecule has 0 aromatic carbocycles. The Hall–Kier alpha value is -0.810. The molecule has 4 N–H and O–H groups in total. The average Bonchev–Trinajstić information content (AvgIpc) is 3.27. The van der Waals surface area contributed by atoms with Crippen molar-refractivity contribution >= 4 is 5.97 Å². The Morgan fingerprint density at radius 2 is 0.790 bits per heavy atom. The molecule has 9 heteroatoms. The molecule has 0 spiro atoms. The second-order valence-corrected chi connectivity index (χ2v) is 19.0. The van der Waals surface area contributed by atoms with Gasteiger partial charge in [0.2, 0.25) is 0 Å². The van der Waals surface area contributed by atoms with Crippen LogP contribution >= 0.6 is 0 Å². The van der Waals surface area contributed by atoms with Crippen molar-refractivity contribution < 1.29 is 44.2 Å². The molecule has 6 atom stereocenters. The van der Waals surface area contributed by atoms with Crippen molar-refractivity contribution in [3.63, 3.8) is 0 Å². The summed E-state index contributed by atoms with van der Waals surface area (Å²) in [6, 6.07) is 0. The van der Waals surface area contributed by atoms with Gasteiger partial charge in [0.25, 0.3) is 0 Å². The third kappa shape index (κ3) is 35.5. The number of unbranched alkanes of at least 4 members (excludes halogenated alkanes) is 37. The highest BCUT2D eigenvalue weighted by Gasteiger charge is 2.44. The Labute approximate surface area is 383 Å². The lowest BCUT2D eigenvalue weighted by Crippen LogP contribution is -2.59. The Morgan fingerprint density at radius 1 is 0.452 bits per heavy atom. The van der Waals surface area contributed by atoms with Crippen LogP contribution in [0, 0.1) is 0 Å². The van der Waals surface area contributed by atoms with Crippen molar-refractivity contribution in [2.24, 2.45) is 0 Å². The molecule has 1 aliphatic heterocycles. The molecule has 1 aliphatic rings. The molecule has 0 radical (unpaired) electrons. The quantitative estimate of drug-likeness (QED) is 0.0348. The van der Waals surface area contributed by atoms with Gasteiger partial charge in [0.05, 0.1) is 19.8 Å². The van der Waals surface area contributed by atoms with E-state index in [1.807, 2.05) is 0 Å². The highest BCUT2D eigenvalue weighted by molar-refractivity contribution is 5.69. The smallest absolute Gasteiger partial charge is 0.306 e. The van der Waals surface area contributed by atoms with E-state index in [2.05, 4.69) is 13.8 Å². The van der Waals surface area contributed by atoms with E-state index in [0.29, 0.717) is 13.0 Å². The van der Waals surface area contributed by atoms with E-state index in [0.717, 1.165) is 32.1 Å². The number of aliphatic hydroxyl groups excluding tert-OH is 4. The summed E-state index contributed by atoms with van der Waals surface area (Å²) in [6.07, 6.45) is 44.3. The largest absolute Gasteiger partial charge is 0.457 e. The minimum atomic E-state index is -1.53. The molecule has 62 heavy (non-hydrogen) atoms. The van der Waals surface area contributed by atoms with Crippen molar-refractivity contribution in [1.29, 1.82) is 0 Å². The van der Waals surface area contributed by atoms with Gasteiger partial charge in [-0.2, -0.15) is 0 Å².